The van der Waals surface area contributed by atoms with E-state index < -0.39 is 0 Å². The van der Waals surface area contributed by atoms with Gasteiger partial charge in [-0.3, -0.25) is 0 Å². The van der Waals surface area contributed by atoms with Gasteiger partial charge in [-0.2, -0.15) is 0 Å². The molecule has 0 aliphatic carbocycles. The van der Waals surface area contributed by atoms with Gasteiger partial charge in [0, 0.05) is 11.9 Å². The van der Waals surface area contributed by atoms with E-state index in [2.05, 4.69) is 15.9 Å². The predicted octanol–water partition coefficient (Wildman–Crippen LogP) is 3.53. The fraction of sp³-hybridized carbons (Fsp3) is 0.500. The Kier molecular flexibility index (Phi) is 6.42. The van der Waals surface area contributed by atoms with Crippen LogP contribution < -0.4 is 4.74 Å². The molecule has 1 aromatic rings. The summed E-state index contributed by atoms with van der Waals surface area (Å²) >= 11 is 3.27. The topological polar surface area (TPSA) is 18.5 Å². The van der Waals surface area contributed by atoms with Crippen LogP contribution in [0.4, 0.5) is 4.39 Å². The number of hydrogen-bond acceptors (Lipinski definition) is 2. The quantitative estimate of drug-likeness (QED) is 0.565. The highest BCUT2D eigenvalue weighted by atomic mass is 79.9. The Bertz CT molecular complexity index is 318. The number of benzene rings is 1. The van der Waals surface area contributed by atoms with Crippen molar-refractivity contribution in [2.45, 2.75) is 18.7 Å². The predicted molar refractivity (Wildman–Crippen MR) is 65.6 cm³/mol. The molecule has 0 unspecified atom stereocenters. The zero-order valence-electron chi connectivity index (χ0n) is 9.34. The van der Waals surface area contributed by atoms with Crippen LogP contribution in [0, 0.1) is 5.82 Å². The molecular weight excluding hydrogens is 275 g/mol. The van der Waals surface area contributed by atoms with E-state index in [1.807, 2.05) is 13.0 Å². The lowest BCUT2D eigenvalue weighted by Gasteiger charge is -2.08. The molecular formula is C12H16BrFO2. The number of halogens is 2. The van der Waals surface area contributed by atoms with Crippen LogP contribution in [0.25, 0.3) is 0 Å². The maximum Gasteiger partial charge on any atom is 0.165 e. The van der Waals surface area contributed by atoms with Crippen LogP contribution in [0.2, 0.25) is 0 Å². The van der Waals surface area contributed by atoms with Crippen molar-refractivity contribution in [2.75, 3.05) is 19.8 Å². The average Bonchev–Trinajstić information content (AvgIpc) is 2.30. The van der Waals surface area contributed by atoms with E-state index in [1.54, 1.807) is 6.07 Å². The van der Waals surface area contributed by atoms with Crippen LogP contribution in [0.15, 0.2) is 18.2 Å². The number of hydrogen-bond donors (Lipinski definition) is 0. The molecule has 0 aromatic heterocycles. The second-order valence-corrected chi connectivity index (χ2v) is 3.92. The summed E-state index contributed by atoms with van der Waals surface area (Å²) in [4.78, 5) is 0. The third-order valence-corrected chi connectivity index (χ3v) is 2.63. The molecule has 90 valence electrons. The molecule has 0 aliphatic rings. The van der Waals surface area contributed by atoms with Gasteiger partial charge in [0.1, 0.15) is 6.61 Å². The van der Waals surface area contributed by atoms with Gasteiger partial charge in [0.05, 0.1) is 6.61 Å². The van der Waals surface area contributed by atoms with Gasteiger partial charge < -0.3 is 9.47 Å². The summed E-state index contributed by atoms with van der Waals surface area (Å²) in [6.07, 6.45) is 0.980. The van der Waals surface area contributed by atoms with E-state index in [4.69, 9.17) is 9.47 Å². The summed E-state index contributed by atoms with van der Waals surface area (Å²) in [5.41, 5.74) is 0.895. The lowest BCUT2D eigenvalue weighted by molar-refractivity contribution is 0.0992. The first kappa shape index (κ1) is 13.5. The average molecular weight is 291 g/mol. The molecule has 0 atom stereocenters. The Hall–Kier alpha value is -0.610. The molecule has 4 heteroatoms. The summed E-state index contributed by atoms with van der Waals surface area (Å²) in [7, 11) is 0. The van der Waals surface area contributed by atoms with Gasteiger partial charge in [0.25, 0.3) is 0 Å². The lowest BCUT2D eigenvalue weighted by atomic mass is 10.2. The number of alkyl halides is 1. The van der Waals surface area contributed by atoms with Gasteiger partial charge in [-0.1, -0.05) is 28.9 Å². The summed E-state index contributed by atoms with van der Waals surface area (Å²) in [6.45, 7) is 3.63. The van der Waals surface area contributed by atoms with Crippen molar-refractivity contribution in [3.8, 4) is 5.75 Å². The molecule has 0 heterocycles. The van der Waals surface area contributed by atoms with Gasteiger partial charge in [-0.15, -0.1) is 0 Å². The van der Waals surface area contributed by atoms with Gasteiger partial charge in [0.15, 0.2) is 11.6 Å². The molecule has 0 saturated heterocycles. The van der Waals surface area contributed by atoms with E-state index in [0.717, 1.165) is 12.0 Å². The lowest BCUT2D eigenvalue weighted by Crippen LogP contribution is -2.08. The zero-order chi connectivity index (χ0) is 11.8. The molecule has 2 nitrogen and oxygen atoms in total. The normalized spacial score (nSPS) is 10.4. The molecule has 16 heavy (non-hydrogen) atoms. The van der Waals surface area contributed by atoms with Crippen molar-refractivity contribution in [1.29, 1.82) is 0 Å². The fourth-order valence-corrected chi connectivity index (χ4v) is 1.55. The number of ether oxygens (including phenoxy) is 2. The van der Waals surface area contributed by atoms with Crippen LogP contribution in [0.3, 0.4) is 0 Å². The Morgan fingerprint density at radius 2 is 2.06 bits per heavy atom. The Labute approximate surface area is 104 Å². The highest BCUT2D eigenvalue weighted by molar-refractivity contribution is 9.08. The molecule has 0 saturated carbocycles. The fourth-order valence-electron chi connectivity index (χ4n) is 1.20. The first-order valence-electron chi connectivity index (χ1n) is 5.33. The summed E-state index contributed by atoms with van der Waals surface area (Å²) < 4.78 is 23.9. The third-order valence-electron chi connectivity index (χ3n) is 1.98. The SMILES string of the molecule is CCCOCCOc1ccc(CBr)cc1F. The Morgan fingerprint density at radius 3 is 2.69 bits per heavy atom. The van der Waals surface area contributed by atoms with E-state index in [0.29, 0.717) is 25.2 Å². The van der Waals surface area contributed by atoms with Crippen LogP contribution in [0.5, 0.6) is 5.75 Å². The summed E-state index contributed by atoms with van der Waals surface area (Å²) in [5, 5.41) is 0.643. The van der Waals surface area contributed by atoms with Crippen LogP contribution >= 0.6 is 15.9 Å². The molecule has 0 bridgehead atoms. The van der Waals surface area contributed by atoms with Crippen molar-refractivity contribution in [2.24, 2.45) is 0 Å². The first-order chi connectivity index (χ1) is 7.77. The Balaban J connectivity index is 2.36. The number of rotatable bonds is 7. The molecule has 0 spiro atoms. The maximum atomic E-state index is 13.4. The first-order valence-corrected chi connectivity index (χ1v) is 6.45. The smallest absolute Gasteiger partial charge is 0.165 e. The highest BCUT2D eigenvalue weighted by Crippen LogP contribution is 2.19. The second-order valence-electron chi connectivity index (χ2n) is 3.36. The van der Waals surface area contributed by atoms with Crippen LogP contribution in [-0.4, -0.2) is 19.8 Å². The molecule has 0 N–H and O–H groups in total. The third kappa shape index (κ3) is 4.49. The maximum absolute atomic E-state index is 13.4. The summed E-state index contributed by atoms with van der Waals surface area (Å²) in [5.74, 6) is -0.0442. The van der Waals surface area contributed by atoms with Gasteiger partial charge in [-0.05, 0) is 24.1 Å². The van der Waals surface area contributed by atoms with E-state index in [9.17, 15) is 4.39 Å². The Morgan fingerprint density at radius 1 is 1.25 bits per heavy atom. The van der Waals surface area contributed by atoms with Crippen molar-refractivity contribution in [1.82, 2.24) is 0 Å². The summed E-state index contributed by atoms with van der Waals surface area (Å²) in [6, 6.07) is 4.95. The highest BCUT2D eigenvalue weighted by Gasteiger charge is 2.03. The monoisotopic (exact) mass is 290 g/mol. The second kappa shape index (κ2) is 7.63. The van der Waals surface area contributed by atoms with Crippen molar-refractivity contribution < 1.29 is 13.9 Å². The van der Waals surface area contributed by atoms with E-state index in [1.165, 1.54) is 6.07 Å². The standard InChI is InChI=1S/C12H16BrFO2/c1-2-5-15-6-7-16-12-4-3-10(9-13)8-11(12)14/h3-4,8H,2,5-7,9H2,1H3. The molecule has 0 aliphatic heterocycles. The van der Waals surface area contributed by atoms with E-state index >= 15 is 0 Å². The van der Waals surface area contributed by atoms with Crippen molar-refractivity contribution in [3.63, 3.8) is 0 Å². The minimum Gasteiger partial charge on any atom is -0.488 e. The van der Waals surface area contributed by atoms with E-state index in [-0.39, 0.29) is 11.6 Å². The van der Waals surface area contributed by atoms with Gasteiger partial charge in [-0.25, -0.2) is 4.39 Å². The molecule has 0 radical (unpaired) electrons. The molecule has 1 aromatic carbocycles. The molecule has 0 amide bonds. The van der Waals surface area contributed by atoms with Gasteiger partial charge in [0.2, 0.25) is 0 Å². The van der Waals surface area contributed by atoms with Crippen LogP contribution in [0.1, 0.15) is 18.9 Å². The van der Waals surface area contributed by atoms with Crippen LogP contribution in [-0.2, 0) is 10.1 Å². The largest absolute Gasteiger partial charge is 0.488 e. The minimum absolute atomic E-state index is 0.282. The van der Waals surface area contributed by atoms with Crippen molar-refractivity contribution in [3.05, 3.63) is 29.6 Å². The van der Waals surface area contributed by atoms with Crippen molar-refractivity contribution >= 4 is 15.9 Å². The minimum atomic E-state index is -0.326. The molecule has 0 fully saturated rings. The van der Waals surface area contributed by atoms with Gasteiger partial charge >= 0.3 is 0 Å². The zero-order valence-corrected chi connectivity index (χ0v) is 10.9. The molecule has 1 rings (SSSR count).